The number of benzene rings is 1. The van der Waals surface area contributed by atoms with Crippen molar-refractivity contribution >= 4 is 28.1 Å². The number of oxazole rings is 1. The molecule has 1 N–H and O–H groups in total. The lowest BCUT2D eigenvalue weighted by atomic mass is 10.2. The Bertz CT molecular complexity index is 474. The highest BCUT2D eigenvalue weighted by atomic mass is 79.9. The summed E-state index contributed by atoms with van der Waals surface area (Å²) in [4.78, 5) is 3.22. The Labute approximate surface area is 88.7 Å². The van der Waals surface area contributed by atoms with E-state index in [4.69, 9.17) is 16.6 Å². The summed E-state index contributed by atoms with van der Waals surface area (Å²) in [5.74, 6) is 0.748. The lowest BCUT2D eigenvalue weighted by molar-refractivity contribution is 0.554. The topological polar surface area (TPSA) is 28.9 Å². The molecule has 0 bridgehead atoms. The van der Waals surface area contributed by atoms with Gasteiger partial charge in [-0.25, -0.2) is 0 Å². The van der Waals surface area contributed by atoms with E-state index in [2.05, 4.69) is 20.9 Å². The maximum absolute atomic E-state index is 5.28. The fourth-order valence-electron chi connectivity index (χ4n) is 1.08. The highest BCUT2D eigenvalue weighted by Crippen LogP contribution is 2.27. The molecule has 4 heteroatoms. The molecule has 0 atom stereocenters. The quantitative estimate of drug-likeness (QED) is 0.787. The summed E-state index contributed by atoms with van der Waals surface area (Å²) < 4.78 is 6.27. The lowest BCUT2D eigenvalue weighted by Gasteiger charge is -1.97. The zero-order chi connectivity index (χ0) is 9.26. The molecule has 0 aliphatic rings. The summed E-state index contributed by atoms with van der Waals surface area (Å²) >= 11 is 8.27. The minimum absolute atomic E-state index is 0.394. The number of hydrogen-bond donors (Lipinski definition) is 1. The third-order valence-electron chi connectivity index (χ3n) is 1.66. The van der Waals surface area contributed by atoms with E-state index in [9.17, 15) is 0 Å². The van der Waals surface area contributed by atoms with Gasteiger partial charge in [-0.2, -0.15) is 0 Å². The molecule has 0 amide bonds. The van der Waals surface area contributed by atoms with Gasteiger partial charge in [-0.15, -0.1) is 0 Å². The molecule has 13 heavy (non-hydrogen) atoms. The molecule has 0 unspecified atom stereocenters. The first-order chi connectivity index (χ1) is 6.27. The maximum atomic E-state index is 5.28. The number of rotatable bonds is 1. The van der Waals surface area contributed by atoms with Gasteiger partial charge in [-0.3, -0.25) is 0 Å². The third kappa shape index (κ3) is 1.73. The molecule has 0 saturated carbocycles. The standard InChI is InChI=1S/C9H6BrNOS/c10-7-4-2-1-3-6(7)8-5-11-9(13)12-8/h1-5H,(H,11,13). The van der Waals surface area contributed by atoms with Crippen molar-refractivity contribution in [3.63, 3.8) is 0 Å². The molecular formula is C9H6BrNOS. The van der Waals surface area contributed by atoms with Crippen molar-refractivity contribution in [1.29, 1.82) is 0 Å². The highest BCUT2D eigenvalue weighted by molar-refractivity contribution is 9.10. The summed E-state index contributed by atoms with van der Waals surface area (Å²) in [6.07, 6.45) is 1.75. The van der Waals surface area contributed by atoms with E-state index in [0.29, 0.717) is 4.84 Å². The Hall–Kier alpha value is -0.870. The van der Waals surface area contributed by atoms with Gasteiger partial charge in [-0.1, -0.05) is 34.1 Å². The molecule has 2 aromatic rings. The van der Waals surface area contributed by atoms with Crippen LogP contribution in [0.2, 0.25) is 0 Å². The van der Waals surface area contributed by atoms with Crippen molar-refractivity contribution in [3.05, 3.63) is 39.8 Å². The zero-order valence-electron chi connectivity index (χ0n) is 6.58. The van der Waals surface area contributed by atoms with Crippen LogP contribution in [0.5, 0.6) is 0 Å². The first kappa shape index (κ1) is 8.72. The molecule has 1 heterocycles. The van der Waals surface area contributed by atoms with Gasteiger partial charge in [0, 0.05) is 16.2 Å². The average molecular weight is 256 g/mol. The second kappa shape index (κ2) is 3.47. The molecule has 2 nitrogen and oxygen atoms in total. The normalized spacial score (nSPS) is 10.2. The predicted molar refractivity (Wildman–Crippen MR) is 57.0 cm³/mol. The number of halogens is 1. The van der Waals surface area contributed by atoms with Crippen molar-refractivity contribution in [3.8, 4) is 11.3 Å². The van der Waals surface area contributed by atoms with E-state index in [-0.39, 0.29) is 0 Å². The van der Waals surface area contributed by atoms with Gasteiger partial charge < -0.3 is 9.40 Å². The van der Waals surface area contributed by atoms with Crippen LogP contribution in [-0.4, -0.2) is 4.98 Å². The first-order valence-electron chi connectivity index (χ1n) is 3.71. The van der Waals surface area contributed by atoms with Crippen LogP contribution in [0.15, 0.2) is 39.4 Å². The van der Waals surface area contributed by atoms with Crippen molar-refractivity contribution in [2.45, 2.75) is 0 Å². The van der Waals surface area contributed by atoms with Crippen LogP contribution in [0.1, 0.15) is 0 Å². The van der Waals surface area contributed by atoms with E-state index in [1.54, 1.807) is 6.20 Å². The molecule has 0 saturated heterocycles. The molecule has 66 valence electrons. The van der Waals surface area contributed by atoms with Crippen molar-refractivity contribution in [2.75, 3.05) is 0 Å². The summed E-state index contributed by atoms with van der Waals surface area (Å²) in [5.41, 5.74) is 0.995. The van der Waals surface area contributed by atoms with E-state index in [1.807, 2.05) is 24.3 Å². The monoisotopic (exact) mass is 255 g/mol. The minimum Gasteiger partial charge on any atom is -0.429 e. The van der Waals surface area contributed by atoms with Gasteiger partial charge >= 0.3 is 0 Å². The van der Waals surface area contributed by atoms with Crippen LogP contribution >= 0.6 is 28.1 Å². The number of aromatic nitrogens is 1. The second-order valence-corrected chi connectivity index (χ2v) is 3.75. The predicted octanol–water partition coefficient (Wildman–Crippen LogP) is 3.77. The summed E-state index contributed by atoms with van der Waals surface area (Å²) in [7, 11) is 0. The largest absolute Gasteiger partial charge is 0.429 e. The number of aromatic amines is 1. The highest BCUT2D eigenvalue weighted by Gasteiger charge is 2.04. The van der Waals surface area contributed by atoms with Crippen molar-refractivity contribution in [1.82, 2.24) is 4.98 Å². The van der Waals surface area contributed by atoms with E-state index >= 15 is 0 Å². The fourth-order valence-corrected chi connectivity index (χ4v) is 1.71. The number of hydrogen-bond acceptors (Lipinski definition) is 2. The molecule has 0 spiro atoms. The minimum atomic E-state index is 0.394. The average Bonchev–Trinajstić information content (AvgIpc) is 2.53. The number of H-pyrrole nitrogens is 1. The first-order valence-corrected chi connectivity index (χ1v) is 4.91. The van der Waals surface area contributed by atoms with Crippen molar-refractivity contribution in [2.24, 2.45) is 0 Å². The molecule has 1 aromatic heterocycles. The molecule has 0 aliphatic heterocycles. The fraction of sp³-hybridized carbons (Fsp3) is 0. The third-order valence-corrected chi connectivity index (χ3v) is 2.56. The Morgan fingerprint density at radius 1 is 1.31 bits per heavy atom. The molecule has 1 aromatic carbocycles. The van der Waals surface area contributed by atoms with Gasteiger partial charge in [-0.05, 0) is 18.3 Å². The summed E-state index contributed by atoms with van der Waals surface area (Å²) in [5, 5.41) is 0. The van der Waals surface area contributed by atoms with E-state index in [0.717, 1.165) is 15.8 Å². The molecule has 0 aliphatic carbocycles. The van der Waals surface area contributed by atoms with Gasteiger partial charge in [0.15, 0.2) is 5.76 Å². The molecule has 0 radical (unpaired) electrons. The van der Waals surface area contributed by atoms with Gasteiger partial charge in [0.25, 0.3) is 4.84 Å². The Kier molecular flexibility index (Phi) is 2.33. The van der Waals surface area contributed by atoms with Crippen LogP contribution in [0.25, 0.3) is 11.3 Å². The Morgan fingerprint density at radius 2 is 2.08 bits per heavy atom. The second-order valence-electron chi connectivity index (χ2n) is 2.52. The summed E-state index contributed by atoms with van der Waals surface area (Å²) in [6.45, 7) is 0. The SMILES string of the molecule is S=c1[nH]cc(-c2ccccc2Br)o1. The Morgan fingerprint density at radius 3 is 2.69 bits per heavy atom. The summed E-state index contributed by atoms with van der Waals surface area (Å²) in [6, 6.07) is 7.83. The van der Waals surface area contributed by atoms with Crippen LogP contribution in [0, 0.1) is 4.84 Å². The lowest BCUT2D eigenvalue weighted by Crippen LogP contribution is -1.74. The molecule has 2 rings (SSSR count). The van der Waals surface area contributed by atoms with Crippen molar-refractivity contribution < 1.29 is 4.42 Å². The van der Waals surface area contributed by atoms with E-state index in [1.165, 1.54) is 0 Å². The van der Waals surface area contributed by atoms with Crippen LogP contribution in [0.4, 0.5) is 0 Å². The Balaban J connectivity index is 2.58. The van der Waals surface area contributed by atoms with Gasteiger partial charge in [0.05, 0.1) is 0 Å². The van der Waals surface area contributed by atoms with Crippen LogP contribution < -0.4 is 0 Å². The zero-order valence-corrected chi connectivity index (χ0v) is 8.98. The van der Waals surface area contributed by atoms with Crippen LogP contribution in [-0.2, 0) is 0 Å². The van der Waals surface area contributed by atoms with Gasteiger partial charge in [0.1, 0.15) is 0 Å². The van der Waals surface area contributed by atoms with Crippen LogP contribution in [0.3, 0.4) is 0 Å². The molecule has 0 fully saturated rings. The van der Waals surface area contributed by atoms with Gasteiger partial charge in [0.2, 0.25) is 0 Å². The number of nitrogens with one attached hydrogen (secondary N) is 1. The van der Waals surface area contributed by atoms with E-state index < -0.39 is 0 Å². The maximum Gasteiger partial charge on any atom is 0.266 e. The molecular weight excluding hydrogens is 250 g/mol. The smallest absolute Gasteiger partial charge is 0.266 e.